The SMILES string of the molecule is COc1ccc(Cn2c(C(=O)[O-])c(CNCCc3ccco3)c3ccc(OC)cc32)cc1. The summed E-state index contributed by atoms with van der Waals surface area (Å²) in [4.78, 5) is 12.3. The fraction of sp³-hybridized carbons (Fsp3) is 0.240. The number of aromatic carboxylic acids is 1. The molecule has 166 valence electrons. The number of hydrogen-bond donors (Lipinski definition) is 1. The number of nitrogens with zero attached hydrogens (tertiary/aromatic N) is 1. The maximum Gasteiger partial charge on any atom is 0.120 e. The van der Waals surface area contributed by atoms with Gasteiger partial charge in [-0.2, -0.15) is 0 Å². The lowest BCUT2D eigenvalue weighted by Crippen LogP contribution is -2.28. The Balaban J connectivity index is 1.69. The number of rotatable bonds is 10. The number of methoxy groups -OCH3 is 2. The molecule has 0 aliphatic carbocycles. The molecule has 2 heterocycles. The van der Waals surface area contributed by atoms with E-state index in [0.29, 0.717) is 37.4 Å². The van der Waals surface area contributed by atoms with Crippen molar-refractivity contribution in [2.24, 2.45) is 0 Å². The molecule has 7 heteroatoms. The number of carbonyl (C=O) groups is 1. The molecule has 0 unspecified atom stereocenters. The fourth-order valence-electron chi connectivity index (χ4n) is 3.90. The van der Waals surface area contributed by atoms with Crippen LogP contribution in [0, 0.1) is 0 Å². The number of hydrogen-bond acceptors (Lipinski definition) is 6. The van der Waals surface area contributed by atoms with Crippen LogP contribution in [0.4, 0.5) is 0 Å². The summed E-state index contributed by atoms with van der Waals surface area (Å²) in [6.07, 6.45) is 2.36. The van der Waals surface area contributed by atoms with E-state index in [2.05, 4.69) is 5.32 Å². The zero-order chi connectivity index (χ0) is 22.5. The highest BCUT2D eigenvalue weighted by molar-refractivity contribution is 5.98. The largest absolute Gasteiger partial charge is 0.543 e. The van der Waals surface area contributed by atoms with Gasteiger partial charge in [-0.1, -0.05) is 12.1 Å². The second-order valence-electron chi connectivity index (χ2n) is 7.44. The van der Waals surface area contributed by atoms with Gasteiger partial charge in [0.15, 0.2) is 0 Å². The van der Waals surface area contributed by atoms with E-state index >= 15 is 0 Å². The van der Waals surface area contributed by atoms with Crippen LogP contribution in [0.15, 0.2) is 65.3 Å². The minimum absolute atomic E-state index is 0.162. The Labute approximate surface area is 186 Å². The molecule has 32 heavy (non-hydrogen) atoms. The summed E-state index contributed by atoms with van der Waals surface area (Å²) in [7, 11) is 3.20. The van der Waals surface area contributed by atoms with Gasteiger partial charge in [0, 0.05) is 43.1 Å². The molecule has 0 radical (unpaired) electrons. The average molecular weight is 433 g/mol. The lowest BCUT2D eigenvalue weighted by Gasteiger charge is -2.14. The number of furan rings is 1. The molecular weight excluding hydrogens is 408 g/mol. The summed E-state index contributed by atoms with van der Waals surface area (Å²) in [6, 6.07) is 16.9. The molecule has 0 amide bonds. The molecule has 0 spiro atoms. The second-order valence-corrected chi connectivity index (χ2v) is 7.44. The molecule has 0 bridgehead atoms. The van der Waals surface area contributed by atoms with Crippen LogP contribution in [-0.2, 0) is 19.5 Å². The van der Waals surface area contributed by atoms with Gasteiger partial charge in [-0.3, -0.25) is 0 Å². The predicted octanol–water partition coefficient (Wildman–Crippen LogP) is 3.00. The van der Waals surface area contributed by atoms with Gasteiger partial charge in [0.1, 0.15) is 17.3 Å². The molecule has 0 fully saturated rings. The van der Waals surface area contributed by atoms with Crippen LogP contribution >= 0.6 is 0 Å². The molecule has 0 aliphatic rings. The van der Waals surface area contributed by atoms with E-state index in [-0.39, 0.29) is 5.69 Å². The zero-order valence-corrected chi connectivity index (χ0v) is 18.1. The highest BCUT2D eigenvalue weighted by Crippen LogP contribution is 2.30. The van der Waals surface area contributed by atoms with Crippen molar-refractivity contribution in [3.05, 3.63) is 83.4 Å². The van der Waals surface area contributed by atoms with E-state index in [0.717, 1.165) is 28.0 Å². The molecule has 2 aromatic carbocycles. The maximum atomic E-state index is 12.3. The zero-order valence-electron chi connectivity index (χ0n) is 18.1. The predicted molar refractivity (Wildman–Crippen MR) is 119 cm³/mol. The Bertz CT molecular complexity index is 1190. The van der Waals surface area contributed by atoms with Gasteiger partial charge in [-0.25, -0.2) is 0 Å². The van der Waals surface area contributed by atoms with Crippen molar-refractivity contribution in [2.45, 2.75) is 19.5 Å². The molecule has 2 aromatic heterocycles. The summed E-state index contributed by atoms with van der Waals surface area (Å²) in [6.45, 7) is 1.42. The molecule has 4 aromatic rings. The smallest absolute Gasteiger partial charge is 0.120 e. The van der Waals surface area contributed by atoms with Crippen LogP contribution in [0.5, 0.6) is 11.5 Å². The Kier molecular flexibility index (Phi) is 6.47. The lowest BCUT2D eigenvalue weighted by molar-refractivity contribution is -0.255. The molecule has 0 saturated heterocycles. The van der Waals surface area contributed by atoms with Gasteiger partial charge in [0.25, 0.3) is 0 Å². The van der Waals surface area contributed by atoms with Crippen LogP contribution in [0.25, 0.3) is 10.9 Å². The minimum atomic E-state index is -1.21. The van der Waals surface area contributed by atoms with Gasteiger partial charge >= 0.3 is 0 Å². The van der Waals surface area contributed by atoms with Gasteiger partial charge < -0.3 is 33.7 Å². The first-order chi connectivity index (χ1) is 15.6. The second kappa shape index (κ2) is 9.62. The Morgan fingerprint density at radius 3 is 2.47 bits per heavy atom. The number of aromatic nitrogens is 1. The topological polar surface area (TPSA) is 88.7 Å². The Hall–Kier alpha value is -3.71. The van der Waals surface area contributed by atoms with Crippen molar-refractivity contribution in [3.63, 3.8) is 0 Å². The number of carboxylic acids is 1. The van der Waals surface area contributed by atoms with Crippen molar-refractivity contribution in [1.29, 1.82) is 0 Å². The number of nitrogens with one attached hydrogen (secondary N) is 1. The van der Waals surface area contributed by atoms with E-state index < -0.39 is 5.97 Å². The van der Waals surface area contributed by atoms with E-state index in [1.165, 1.54) is 0 Å². The van der Waals surface area contributed by atoms with E-state index in [1.807, 2.05) is 54.6 Å². The number of carboxylic acid groups (broad SMARTS) is 1. The van der Waals surface area contributed by atoms with Crippen molar-refractivity contribution < 1.29 is 23.8 Å². The highest BCUT2D eigenvalue weighted by atomic mass is 16.5. The Morgan fingerprint density at radius 1 is 1.06 bits per heavy atom. The first kappa shape index (κ1) is 21.5. The molecule has 0 saturated carbocycles. The van der Waals surface area contributed by atoms with Gasteiger partial charge in [0.2, 0.25) is 0 Å². The number of benzene rings is 2. The standard InChI is InChI=1S/C25H26N2O5/c1-30-18-7-5-17(6-8-18)16-27-23-14-20(31-2)9-10-21(23)22(24(27)25(28)29)15-26-12-11-19-4-3-13-32-19/h3-10,13-14,26H,11-12,15-16H2,1-2H3,(H,28,29)/p-1. The van der Waals surface area contributed by atoms with Crippen molar-refractivity contribution in [1.82, 2.24) is 9.88 Å². The van der Waals surface area contributed by atoms with Crippen molar-refractivity contribution in [2.75, 3.05) is 20.8 Å². The van der Waals surface area contributed by atoms with Crippen LogP contribution < -0.4 is 19.9 Å². The third-order valence-electron chi connectivity index (χ3n) is 5.50. The lowest BCUT2D eigenvalue weighted by atomic mass is 10.1. The summed E-state index contributed by atoms with van der Waals surface area (Å²) < 4.78 is 17.7. The quantitative estimate of drug-likeness (QED) is 0.387. The molecule has 4 rings (SSSR count). The molecule has 7 nitrogen and oxygen atoms in total. The number of ether oxygens (including phenoxy) is 2. The Morgan fingerprint density at radius 2 is 1.81 bits per heavy atom. The normalized spacial score (nSPS) is 11.1. The summed E-state index contributed by atoms with van der Waals surface area (Å²) >= 11 is 0. The third kappa shape index (κ3) is 4.48. The first-order valence-corrected chi connectivity index (χ1v) is 10.4. The van der Waals surface area contributed by atoms with Crippen LogP contribution in [0.3, 0.4) is 0 Å². The van der Waals surface area contributed by atoms with Crippen molar-refractivity contribution >= 4 is 16.9 Å². The average Bonchev–Trinajstić information content (AvgIpc) is 3.43. The molecule has 0 aliphatic heterocycles. The highest BCUT2D eigenvalue weighted by Gasteiger charge is 2.19. The maximum absolute atomic E-state index is 12.3. The molecular formula is C25H25N2O5-. The van der Waals surface area contributed by atoms with E-state index in [9.17, 15) is 9.90 Å². The van der Waals surface area contributed by atoms with Crippen LogP contribution in [0.2, 0.25) is 0 Å². The van der Waals surface area contributed by atoms with Gasteiger partial charge in [0.05, 0.1) is 37.7 Å². The van der Waals surface area contributed by atoms with Crippen molar-refractivity contribution in [3.8, 4) is 11.5 Å². The monoisotopic (exact) mass is 433 g/mol. The summed E-state index contributed by atoms with van der Waals surface area (Å²) in [5, 5.41) is 16.4. The van der Waals surface area contributed by atoms with Gasteiger partial charge in [-0.15, -0.1) is 0 Å². The summed E-state index contributed by atoms with van der Waals surface area (Å²) in [5.41, 5.74) is 2.58. The minimum Gasteiger partial charge on any atom is -0.543 e. The number of fused-ring (bicyclic) bond motifs is 1. The molecule has 1 N–H and O–H groups in total. The third-order valence-corrected chi connectivity index (χ3v) is 5.50. The van der Waals surface area contributed by atoms with Gasteiger partial charge in [-0.05, 0) is 42.0 Å². The first-order valence-electron chi connectivity index (χ1n) is 10.4. The fourth-order valence-corrected chi connectivity index (χ4v) is 3.90. The van der Waals surface area contributed by atoms with E-state index in [4.69, 9.17) is 13.9 Å². The van der Waals surface area contributed by atoms with E-state index in [1.54, 1.807) is 25.0 Å². The van der Waals surface area contributed by atoms with Crippen LogP contribution in [0.1, 0.15) is 27.4 Å². The molecule has 0 atom stereocenters. The number of carbonyl (C=O) groups excluding carboxylic acids is 1. The van der Waals surface area contributed by atoms with Crippen LogP contribution in [-0.4, -0.2) is 31.3 Å². The summed E-state index contributed by atoms with van der Waals surface area (Å²) in [5.74, 6) is 1.07.